The van der Waals surface area contributed by atoms with Crippen molar-refractivity contribution in [2.45, 2.75) is 26.8 Å². The number of nitrogens with zero attached hydrogens (tertiary/aromatic N) is 1. The molecule has 0 aliphatic carbocycles. The third kappa shape index (κ3) is 5.99. The molecule has 0 aliphatic heterocycles. The van der Waals surface area contributed by atoms with Crippen LogP contribution in [0, 0.1) is 6.92 Å². The SMILES string of the molecule is CCOc1cccc(N(CC(=O)NC(C)c2ccc(C)cc2)S(C)(=O)=O)c1. The Morgan fingerprint density at radius 2 is 1.85 bits per heavy atom. The van der Waals surface area contributed by atoms with Gasteiger partial charge in [-0.15, -0.1) is 0 Å². The van der Waals surface area contributed by atoms with Crippen molar-refractivity contribution >= 4 is 21.6 Å². The molecule has 0 spiro atoms. The van der Waals surface area contributed by atoms with Gasteiger partial charge >= 0.3 is 0 Å². The largest absolute Gasteiger partial charge is 0.494 e. The topological polar surface area (TPSA) is 75.7 Å². The summed E-state index contributed by atoms with van der Waals surface area (Å²) in [5, 5.41) is 2.85. The van der Waals surface area contributed by atoms with Crippen molar-refractivity contribution in [3.8, 4) is 5.75 Å². The molecule has 0 aromatic heterocycles. The second-order valence-corrected chi connectivity index (χ2v) is 8.31. The summed E-state index contributed by atoms with van der Waals surface area (Å²) in [5.41, 5.74) is 2.48. The molecule has 1 unspecified atom stereocenters. The molecule has 6 nitrogen and oxygen atoms in total. The highest BCUT2D eigenvalue weighted by Crippen LogP contribution is 2.23. The van der Waals surface area contributed by atoms with Gasteiger partial charge in [-0.05, 0) is 38.5 Å². The van der Waals surface area contributed by atoms with Crippen LogP contribution >= 0.6 is 0 Å². The molecule has 27 heavy (non-hydrogen) atoms. The molecule has 0 aliphatic rings. The molecule has 2 aromatic carbocycles. The number of carbonyl (C=O) groups excluding carboxylic acids is 1. The van der Waals surface area contributed by atoms with E-state index in [0.29, 0.717) is 18.0 Å². The van der Waals surface area contributed by atoms with Gasteiger partial charge in [-0.1, -0.05) is 35.9 Å². The van der Waals surface area contributed by atoms with Gasteiger partial charge in [0.2, 0.25) is 15.9 Å². The third-order valence-corrected chi connectivity index (χ3v) is 5.20. The fraction of sp³-hybridized carbons (Fsp3) is 0.350. The minimum absolute atomic E-state index is 0.228. The quantitative estimate of drug-likeness (QED) is 0.752. The molecule has 0 saturated heterocycles. The van der Waals surface area contributed by atoms with Crippen LogP contribution in [0.3, 0.4) is 0 Å². The molecule has 0 fully saturated rings. The molecule has 1 atom stereocenters. The zero-order chi connectivity index (χ0) is 20.0. The van der Waals surface area contributed by atoms with Gasteiger partial charge in [0, 0.05) is 6.07 Å². The monoisotopic (exact) mass is 390 g/mol. The summed E-state index contributed by atoms with van der Waals surface area (Å²) in [6.07, 6.45) is 1.08. The Kier molecular flexibility index (Phi) is 6.85. The lowest BCUT2D eigenvalue weighted by Gasteiger charge is -2.23. The summed E-state index contributed by atoms with van der Waals surface area (Å²) in [5.74, 6) is 0.174. The van der Waals surface area contributed by atoms with Gasteiger partial charge in [0.25, 0.3) is 0 Å². The predicted molar refractivity (Wildman–Crippen MR) is 108 cm³/mol. The van der Waals surface area contributed by atoms with E-state index in [9.17, 15) is 13.2 Å². The molecular weight excluding hydrogens is 364 g/mol. The van der Waals surface area contributed by atoms with E-state index < -0.39 is 10.0 Å². The molecule has 0 heterocycles. The van der Waals surface area contributed by atoms with Gasteiger partial charge in [-0.3, -0.25) is 9.10 Å². The lowest BCUT2D eigenvalue weighted by atomic mass is 10.1. The van der Waals surface area contributed by atoms with E-state index in [4.69, 9.17) is 4.74 Å². The van der Waals surface area contributed by atoms with Gasteiger partial charge in [-0.2, -0.15) is 0 Å². The molecule has 1 amide bonds. The van der Waals surface area contributed by atoms with E-state index in [-0.39, 0.29) is 18.5 Å². The first-order valence-electron chi connectivity index (χ1n) is 8.77. The van der Waals surface area contributed by atoms with E-state index in [1.807, 2.05) is 45.0 Å². The van der Waals surface area contributed by atoms with Gasteiger partial charge < -0.3 is 10.1 Å². The highest BCUT2D eigenvalue weighted by molar-refractivity contribution is 7.92. The zero-order valence-corrected chi connectivity index (χ0v) is 16.9. The van der Waals surface area contributed by atoms with Crippen LogP contribution in [0.15, 0.2) is 48.5 Å². The van der Waals surface area contributed by atoms with Gasteiger partial charge in [-0.25, -0.2) is 8.42 Å². The summed E-state index contributed by atoms with van der Waals surface area (Å²) in [6.45, 7) is 5.87. The Bertz CT molecular complexity index is 879. The Balaban J connectivity index is 2.15. The number of aryl methyl sites for hydroxylation is 1. The van der Waals surface area contributed by atoms with E-state index in [2.05, 4.69) is 5.32 Å². The summed E-state index contributed by atoms with van der Waals surface area (Å²) in [4.78, 5) is 12.5. The number of ether oxygens (including phenoxy) is 1. The zero-order valence-electron chi connectivity index (χ0n) is 16.1. The number of amides is 1. The van der Waals surface area contributed by atoms with Crippen LogP contribution in [0.5, 0.6) is 5.75 Å². The molecule has 1 N–H and O–H groups in total. The molecule has 2 rings (SSSR count). The molecule has 0 bridgehead atoms. The maximum Gasteiger partial charge on any atom is 0.241 e. The Labute approximate surface area is 161 Å². The summed E-state index contributed by atoms with van der Waals surface area (Å²) in [7, 11) is -3.63. The van der Waals surface area contributed by atoms with Gasteiger partial charge in [0.05, 0.1) is 24.6 Å². The van der Waals surface area contributed by atoms with Crippen LogP contribution in [0.2, 0.25) is 0 Å². The van der Waals surface area contributed by atoms with Crippen molar-refractivity contribution in [2.75, 3.05) is 23.7 Å². The van der Waals surface area contributed by atoms with E-state index in [1.165, 1.54) is 0 Å². The third-order valence-electron chi connectivity index (χ3n) is 4.06. The molecule has 0 saturated carbocycles. The van der Waals surface area contributed by atoms with Crippen molar-refractivity contribution < 1.29 is 17.9 Å². The highest BCUT2D eigenvalue weighted by atomic mass is 32.2. The Morgan fingerprint density at radius 1 is 1.19 bits per heavy atom. The van der Waals surface area contributed by atoms with Crippen molar-refractivity contribution in [3.05, 3.63) is 59.7 Å². The molecule has 146 valence electrons. The maximum atomic E-state index is 12.5. The minimum Gasteiger partial charge on any atom is -0.494 e. The van der Waals surface area contributed by atoms with Crippen LogP contribution in [-0.4, -0.2) is 33.7 Å². The smallest absolute Gasteiger partial charge is 0.241 e. The van der Waals surface area contributed by atoms with Crippen molar-refractivity contribution in [3.63, 3.8) is 0 Å². The fourth-order valence-electron chi connectivity index (χ4n) is 2.65. The lowest BCUT2D eigenvalue weighted by molar-refractivity contribution is -0.120. The van der Waals surface area contributed by atoms with Gasteiger partial charge in [0.1, 0.15) is 12.3 Å². The number of hydrogen-bond donors (Lipinski definition) is 1. The average molecular weight is 391 g/mol. The number of carbonyl (C=O) groups is 1. The number of rotatable bonds is 8. The second-order valence-electron chi connectivity index (χ2n) is 6.40. The van der Waals surface area contributed by atoms with Crippen LogP contribution in [0.4, 0.5) is 5.69 Å². The number of sulfonamides is 1. The summed E-state index contributed by atoms with van der Waals surface area (Å²) >= 11 is 0. The Hall–Kier alpha value is -2.54. The number of hydrogen-bond acceptors (Lipinski definition) is 4. The predicted octanol–water partition coefficient (Wildman–Crippen LogP) is 3.04. The van der Waals surface area contributed by atoms with Crippen molar-refractivity contribution in [2.24, 2.45) is 0 Å². The fourth-order valence-corrected chi connectivity index (χ4v) is 3.50. The van der Waals surface area contributed by atoms with E-state index >= 15 is 0 Å². The number of benzene rings is 2. The maximum absolute atomic E-state index is 12.5. The minimum atomic E-state index is -3.63. The molecular formula is C20H26N2O4S. The molecule has 2 aromatic rings. The van der Waals surface area contributed by atoms with Crippen LogP contribution in [-0.2, 0) is 14.8 Å². The normalized spacial score (nSPS) is 12.3. The standard InChI is InChI=1S/C20H26N2O4S/c1-5-26-19-8-6-7-18(13-19)22(27(4,24)25)14-20(23)21-16(3)17-11-9-15(2)10-12-17/h6-13,16H,5,14H2,1-4H3,(H,21,23). The number of anilines is 1. The van der Waals surface area contributed by atoms with Crippen LogP contribution in [0.1, 0.15) is 31.0 Å². The molecule has 7 heteroatoms. The van der Waals surface area contributed by atoms with Crippen LogP contribution < -0.4 is 14.4 Å². The highest BCUT2D eigenvalue weighted by Gasteiger charge is 2.22. The second kappa shape index (κ2) is 8.90. The number of nitrogens with one attached hydrogen (secondary N) is 1. The first-order valence-corrected chi connectivity index (χ1v) is 10.6. The molecule has 0 radical (unpaired) electrons. The Morgan fingerprint density at radius 3 is 2.44 bits per heavy atom. The van der Waals surface area contributed by atoms with Crippen molar-refractivity contribution in [1.29, 1.82) is 0 Å². The van der Waals surface area contributed by atoms with Crippen molar-refractivity contribution in [1.82, 2.24) is 5.32 Å². The van der Waals surface area contributed by atoms with E-state index in [1.54, 1.807) is 24.3 Å². The average Bonchev–Trinajstić information content (AvgIpc) is 2.60. The first kappa shape index (κ1) is 20.8. The lowest BCUT2D eigenvalue weighted by Crippen LogP contribution is -2.41. The van der Waals surface area contributed by atoms with Gasteiger partial charge in [0.15, 0.2) is 0 Å². The summed E-state index contributed by atoms with van der Waals surface area (Å²) < 4.78 is 31.0. The van der Waals surface area contributed by atoms with E-state index in [0.717, 1.165) is 21.7 Å². The summed E-state index contributed by atoms with van der Waals surface area (Å²) in [6, 6.07) is 14.3. The first-order chi connectivity index (χ1) is 12.7. The van der Waals surface area contributed by atoms with Crippen LogP contribution in [0.25, 0.3) is 0 Å².